The number of benzene rings is 1. The van der Waals surface area contributed by atoms with Crippen LogP contribution in [0.3, 0.4) is 0 Å². The number of fused-ring (bicyclic) bond motifs is 1. The van der Waals surface area contributed by atoms with Crippen LogP contribution in [0.25, 0.3) is 16.9 Å². The van der Waals surface area contributed by atoms with Gasteiger partial charge in [0, 0.05) is 17.8 Å². The summed E-state index contributed by atoms with van der Waals surface area (Å²) >= 11 is 0. The second-order valence-electron chi connectivity index (χ2n) is 7.61. The van der Waals surface area contributed by atoms with Gasteiger partial charge in [-0.25, -0.2) is 4.98 Å². The molecule has 2 heterocycles. The summed E-state index contributed by atoms with van der Waals surface area (Å²) in [6, 6.07) is 13.6. The average molecular weight is 337 g/mol. The first-order valence-electron chi connectivity index (χ1n) is 8.93. The Balaban J connectivity index is 2.15. The van der Waals surface area contributed by atoms with Gasteiger partial charge in [0.25, 0.3) is 0 Å². The monoisotopic (exact) mass is 337 g/mol. The van der Waals surface area contributed by atoms with Crippen molar-refractivity contribution in [1.82, 2.24) is 9.38 Å². The van der Waals surface area contributed by atoms with Gasteiger partial charge in [-0.3, -0.25) is 4.40 Å². The van der Waals surface area contributed by atoms with Gasteiger partial charge in [-0.2, -0.15) is 0 Å². The van der Waals surface area contributed by atoms with Gasteiger partial charge in [-0.05, 0) is 36.1 Å². The van der Waals surface area contributed by atoms with Crippen LogP contribution in [0.5, 0.6) is 5.75 Å². The van der Waals surface area contributed by atoms with E-state index in [1.807, 2.05) is 42.6 Å². The molecule has 2 aromatic heterocycles. The normalized spacial score (nSPS) is 13.1. The number of para-hydroxylation sites is 1. The molecule has 0 bridgehead atoms. The summed E-state index contributed by atoms with van der Waals surface area (Å²) in [4.78, 5) is 4.78. The number of imidazole rings is 1. The van der Waals surface area contributed by atoms with Crippen molar-refractivity contribution in [3.8, 4) is 17.0 Å². The summed E-state index contributed by atoms with van der Waals surface area (Å²) in [6.45, 7) is 8.97. The number of aromatic hydroxyl groups is 1. The molecule has 0 aliphatic heterocycles. The molecule has 3 aromatic rings. The zero-order valence-corrected chi connectivity index (χ0v) is 15.5. The third kappa shape index (κ3) is 3.48. The number of phenols is 1. The summed E-state index contributed by atoms with van der Waals surface area (Å²) in [6.07, 6.45) is 4.20. The molecule has 4 heteroatoms. The van der Waals surface area contributed by atoms with Crippen molar-refractivity contribution in [3.05, 3.63) is 48.7 Å². The second kappa shape index (κ2) is 6.79. The zero-order chi connectivity index (χ0) is 18.0. The molecule has 1 unspecified atom stereocenters. The van der Waals surface area contributed by atoms with Gasteiger partial charge in [0.15, 0.2) is 0 Å². The maximum atomic E-state index is 10.3. The number of nitrogens with one attached hydrogen (secondary N) is 1. The quantitative estimate of drug-likeness (QED) is 0.661. The van der Waals surface area contributed by atoms with Gasteiger partial charge in [0.1, 0.15) is 22.9 Å². The third-order valence-corrected chi connectivity index (χ3v) is 4.62. The molecule has 0 spiro atoms. The molecule has 3 rings (SSSR count). The van der Waals surface area contributed by atoms with Gasteiger partial charge < -0.3 is 10.4 Å². The summed E-state index contributed by atoms with van der Waals surface area (Å²) < 4.78 is 2.07. The molecule has 0 aliphatic rings. The Bertz CT molecular complexity index is 861. The molecular formula is C21H27N3O. The largest absolute Gasteiger partial charge is 0.507 e. The van der Waals surface area contributed by atoms with Crippen LogP contribution < -0.4 is 5.32 Å². The van der Waals surface area contributed by atoms with E-state index in [1.165, 1.54) is 0 Å². The fourth-order valence-electron chi connectivity index (χ4n) is 3.17. The van der Waals surface area contributed by atoms with Crippen molar-refractivity contribution in [2.24, 2.45) is 5.41 Å². The number of pyridine rings is 1. The van der Waals surface area contributed by atoms with Crippen molar-refractivity contribution in [1.29, 1.82) is 0 Å². The van der Waals surface area contributed by atoms with E-state index in [2.05, 4.69) is 37.4 Å². The van der Waals surface area contributed by atoms with Crippen LogP contribution in [0.2, 0.25) is 0 Å². The Hall–Kier alpha value is -2.49. The highest BCUT2D eigenvalue weighted by molar-refractivity contribution is 5.80. The van der Waals surface area contributed by atoms with Crippen LogP contribution in [-0.4, -0.2) is 20.5 Å². The van der Waals surface area contributed by atoms with E-state index < -0.39 is 0 Å². The Morgan fingerprint density at radius 2 is 1.84 bits per heavy atom. The molecule has 0 radical (unpaired) electrons. The molecule has 132 valence electrons. The molecule has 0 aliphatic carbocycles. The first-order valence-corrected chi connectivity index (χ1v) is 8.93. The van der Waals surface area contributed by atoms with E-state index in [0.717, 1.165) is 35.6 Å². The molecule has 0 saturated heterocycles. The zero-order valence-electron chi connectivity index (χ0n) is 15.5. The van der Waals surface area contributed by atoms with Crippen LogP contribution >= 0.6 is 0 Å². The Morgan fingerprint density at radius 1 is 1.12 bits per heavy atom. The first kappa shape index (κ1) is 17.3. The van der Waals surface area contributed by atoms with Crippen LogP contribution in [-0.2, 0) is 0 Å². The van der Waals surface area contributed by atoms with E-state index >= 15 is 0 Å². The number of hydrogen-bond donors (Lipinski definition) is 2. The van der Waals surface area contributed by atoms with E-state index in [9.17, 15) is 5.11 Å². The Kier molecular flexibility index (Phi) is 4.71. The van der Waals surface area contributed by atoms with Gasteiger partial charge in [-0.15, -0.1) is 0 Å². The maximum absolute atomic E-state index is 10.3. The molecule has 1 atom stereocenters. The highest BCUT2D eigenvalue weighted by atomic mass is 16.3. The summed E-state index contributed by atoms with van der Waals surface area (Å²) in [5, 5.41) is 14.1. The minimum atomic E-state index is 0.116. The minimum Gasteiger partial charge on any atom is -0.507 e. The fraction of sp³-hybridized carbons (Fsp3) is 0.381. The molecule has 0 amide bonds. The predicted molar refractivity (Wildman–Crippen MR) is 104 cm³/mol. The smallest absolute Gasteiger partial charge is 0.139 e. The van der Waals surface area contributed by atoms with Crippen molar-refractivity contribution in [2.45, 2.75) is 46.6 Å². The van der Waals surface area contributed by atoms with Crippen molar-refractivity contribution < 1.29 is 5.11 Å². The molecule has 4 nitrogen and oxygen atoms in total. The highest BCUT2D eigenvalue weighted by Crippen LogP contribution is 2.36. The lowest BCUT2D eigenvalue weighted by Gasteiger charge is -2.32. The predicted octanol–water partition coefficient (Wildman–Crippen LogP) is 5.33. The van der Waals surface area contributed by atoms with Gasteiger partial charge >= 0.3 is 0 Å². The number of hydrogen-bond acceptors (Lipinski definition) is 3. The van der Waals surface area contributed by atoms with Crippen LogP contribution in [0, 0.1) is 5.41 Å². The number of rotatable bonds is 5. The lowest BCUT2D eigenvalue weighted by atomic mass is 9.84. The second-order valence-corrected chi connectivity index (χ2v) is 7.61. The molecule has 0 fully saturated rings. The standard InChI is InChI=1S/C21H27N3O/c1-5-10-17(21(2,3)4)22-20-19(15-11-6-7-12-16(15)25)23-18-13-8-9-14-24(18)20/h6-9,11-14,17,22,25H,5,10H2,1-4H3. The number of anilines is 1. The molecular weight excluding hydrogens is 310 g/mol. The van der Waals surface area contributed by atoms with Crippen LogP contribution in [0.15, 0.2) is 48.7 Å². The third-order valence-electron chi connectivity index (χ3n) is 4.62. The molecule has 2 N–H and O–H groups in total. The van der Waals surface area contributed by atoms with Crippen molar-refractivity contribution >= 4 is 11.5 Å². The molecule has 0 saturated carbocycles. The topological polar surface area (TPSA) is 49.6 Å². The highest BCUT2D eigenvalue weighted by Gasteiger charge is 2.26. The van der Waals surface area contributed by atoms with Crippen LogP contribution in [0.1, 0.15) is 40.5 Å². The van der Waals surface area contributed by atoms with Crippen LogP contribution in [0.4, 0.5) is 5.82 Å². The number of nitrogens with zero attached hydrogens (tertiary/aromatic N) is 2. The van der Waals surface area contributed by atoms with Gasteiger partial charge in [0.05, 0.1) is 0 Å². The van der Waals surface area contributed by atoms with E-state index in [-0.39, 0.29) is 11.2 Å². The number of phenolic OH excluding ortho intramolecular Hbond substituents is 1. The minimum absolute atomic E-state index is 0.116. The fourth-order valence-corrected chi connectivity index (χ4v) is 3.17. The summed E-state index contributed by atoms with van der Waals surface area (Å²) in [5.41, 5.74) is 2.52. The molecule has 1 aromatic carbocycles. The first-order chi connectivity index (χ1) is 11.9. The van der Waals surface area contributed by atoms with E-state index in [1.54, 1.807) is 6.07 Å². The maximum Gasteiger partial charge on any atom is 0.139 e. The SMILES string of the molecule is CCCC(Nc1c(-c2ccccc2O)nc2ccccn12)C(C)(C)C. The van der Waals surface area contributed by atoms with Crippen molar-refractivity contribution in [3.63, 3.8) is 0 Å². The number of aromatic nitrogens is 2. The lowest BCUT2D eigenvalue weighted by Crippen LogP contribution is -2.34. The lowest BCUT2D eigenvalue weighted by molar-refractivity contribution is 0.323. The van der Waals surface area contributed by atoms with Gasteiger partial charge in [0.2, 0.25) is 0 Å². The van der Waals surface area contributed by atoms with Crippen molar-refractivity contribution in [2.75, 3.05) is 5.32 Å². The Morgan fingerprint density at radius 3 is 2.52 bits per heavy atom. The van der Waals surface area contributed by atoms with Gasteiger partial charge in [-0.1, -0.05) is 52.3 Å². The Labute approximate surface area is 149 Å². The average Bonchev–Trinajstić information content (AvgIpc) is 2.92. The summed E-state index contributed by atoms with van der Waals surface area (Å²) in [7, 11) is 0. The molecule has 25 heavy (non-hydrogen) atoms. The summed E-state index contributed by atoms with van der Waals surface area (Å²) in [5.74, 6) is 1.18. The van der Waals surface area contributed by atoms with E-state index in [4.69, 9.17) is 4.98 Å². The van der Waals surface area contributed by atoms with E-state index in [0.29, 0.717) is 6.04 Å².